The Balaban J connectivity index is 2.18. The van der Waals surface area contributed by atoms with Gasteiger partial charge in [0.1, 0.15) is 0 Å². The average molecular weight is 143 g/mol. The van der Waals surface area contributed by atoms with Gasteiger partial charge in [0, 0.05) is 26.7 Å². The number of ether oxygens (including phenoxy) is 1. The van der Waals surface area contributed by atoms with E-state index < -0.39 is 0 Å². The Labute approximate surface area is 60.7 Å². The van der Waals surface area contributed by atoms with Crippen LogP contribution >= 0.6 is 0 Å². The van der Waals surface area contributed by atoms with E-state index in [9.17, 15) is 4.79 Å². The first kappa shape index (κ1) is 7.54. The summed E-state index contributed by atoms with van der Waals surface area (Å²) in [6, 6.07) is 0. The summed E-state index contributed by atoms with van der Waals surface area (Å²) in [7, 11) is 3.34. The maximum Gasteiger partial charge on any atom is 0.223 e. The molecule has 3 nitrogen and oxygen atoms in total. The maximum absolute atomic E-state index is 10.9. The van der Waals surface area contributed by atoms with E-state index in [4.69, 9.17) is 4.74 Å². The van der Waals surface area contributed by atoms with Crippen molar-refractivity contribution in [1.29, 1.82) is 0 Å². The maximum atomic E-state index is 10.9. The summed E-state index contributed by atoms with van der Waals surface area (Å²) >= 11 is 0. The van der Waals surface area contributed by atoms with Gasteiger partial charge in [0.25, 0.3) is 0 Å². The van der Waals surface area contributed by atoms with Crippen LogP contribution in [0.3, 0.4) is 0 Å². The number of carbonyl (C=O) groups excluding carboxylic acids is 1. The molecule has 10 heavy (non-hydrogen) atoms. The van der Waals surface area contributed by atoms with Gasteiger partial charge in [-0.05, 0) is 12.3 Å². The number of carbonyl (C=O) groups is 1. The molecule has 2 unspecified atom stereocenters. The van der Waals surface area contributed by atoms with Gasteiger partial charge >= 0.3 is 0 Å². The van der Waals surface area contributed by atoms with Crippen molar-refractivity contribution in [3.8, 4) is 0 Å². The van der Waals surface area contributed by atoms with E-state index in [0.29, 0.717) is 5.92 Å². The van der Waals surface area contributed by atoms with Gasteiger partial charge in [0.2, 0.25) is 5.91 Å². The van der Waals surface area contributed by atoms with Gasteiger partial charge < -0.3 is 10.1 Å². The summed E-state index contributed by atoms with van der Waals surface area (Å²) in [4.78, 5) is 10.9. The molecule has 1 N–H and O–H groups in total. The molecule has 0 aromatic rings. The third-order valence-electron chi connectivity index (χ3n) is 1.89. The van der Waals surface area contributed by atoms with Gasteiger partial charge in [0.05, 0.1) is 0 Å². The number of hydrogen-bond acceptors (Lipinski definition) is 2. The molecule has 0 aromatic heterocycles. The molecule has 1 rings (SSSR count). The van der Waals surface area contributed by atoms with Crippen LogP contribution in [-0.2, 0) is 9.53 Å². The number of nitrogens with one attached hydrogen (secondary N) is 1. The van der Waals surface area contributed by atoms with Crippen molar-refractivity contribution in [2.24, 2.45) is 11.8 Å². The number of amides is 1. The molecule has 1 amide bonds. The first-order valence-corrected chi connectivity index (χ1v) is 3.50. The third kappa shape index (κ3) is 1.48. The van der Waals surface area contributed by atoms with Gasteiger partial charge in [-0.2, -0.15) is 0 Å². The molecule has 1 saturated carbocycles. The highest BCUT2D eigenvalue weighted by Crippen LogP contribution is 2.38. The first-order valence-electron chi connectivity index (χ1n) is 3.50. The molecule has 1 aliphatic rings. The topological polar surface area (TPSA) is 38.3 Å². The Morgan fingerprint density at radius 2 is 2.50 bits per heavy atom. The fraction of sp³-hybridized carbons (Fsp3) is 0.857. The zero-order chi connectivity index (χ0) is 7.56. The van der Waals surface area contributed by atoms with E-state index in [1.54, 1.807) is 14.2 Å². The fourth-order valence-corrected chi connectivity index (χ4v) is 1.15. The van der Waals surface area contributed by atoms with E-state index in [-0.39, 0.29) is 11.8 Å². The summed E-state index contributed by atoms with van der Waals surface area (Å²) in [5, 5.41) is 2.62. The lowest BCUT2D eigenvalue weighted by atomic mass is 10.3. The Kier molecular flexibility index (Phi) is 2.27. The molecule has 1 fully saturated rings. The van der Waals surface area contributed by atoms with E-state index in [2.05, 4.69) is 5.32 Å². The largest absolute Gasteiger partial charge is 0.384 e. The van der Waals surface area contributed by atoms with Crippen LogP contribution in [0.25, 0.3) is 0 Å². The predicted octanol–water partition coefficient (Wildman–Crippen LogP) is 0.0149. The Hall–Kier alpha value is -0.570. The zero-order valence-corrected chi connectivity index (χ0v) is 6.39. The lowest BCUT2D eigenvalue weighted by molar-refractivity contribution is -0.122. The SMILES string of the molecule is CNC(=O)C1CC1COC. The Morgan fingerprint density at radius 3 is 3.00 bits per heavy atom. The highest BCUT2D eigenvalue weighted by molar-refractivity contribution is 5.81. The third-order valence-corrected chi connectivity index (χ3v) is 1.89. The molecule has 0 heterocycles. The fourth-order valence-electron chi connectivity index (χ4n) is 1.15. The quantitative estimate of drug-likeness (QED) is 0.604. The molecule has 0 aromatic carbocycles. The van der Waals surface area contributed by atoms with Crippen LogP contribution in [0, 0.1) is 11.8 Å². The zero-order valence-electron chi connectivity index (χ0n) is 6.39. The van der Waals surface area contributed by atoms with Crippen LogP contribution in [0.5, 0.6) is 0 Å². The molecule has 0 spiro atoms. The Bertz CT molecular complexity index is 136. The molecule has 0 bridgehead atoms. The molecule has 0 radical (unpaired) electrons. The Morgan fingerprint density at radius 1 is 1.80 bits per heavy atom. The lowest BCUT2D eigenvalue weighted by Crippen LogP contribution is -2.20. The van der Waals surface area contributed by atoms with E-state index in [1.807, 2.05) is 0 Å². The molecule has 1 aliphatic carbocycles. The normalized spacial score (nSPS) is 29.8. The van der Waals surface area contributed by atoms with Gasteiger partial charge in [-0.3, -0.25) is 4.79 Å². The van der Waals surface area contributed by atoms with Crippen molar-refractivity contribution >= 4 is 5.91 Å². The van der Waals surface area contributed by atoms with Crippen molar-refractivity contribution in [2.45, 2.75) is 6.42 Å². The van der Waals surface area contributed by atoms with Crippen molar-refractivity contribution in [1.82, 2.24) is 5.32 Å². The van der Waals surface area contributed by atoms with E-state index in [1.165, 1.54) is 0 Å². The number of methoxy groups -OCH3 is 1. The first-order chi connectivity index (χ1) is 4.79. The number of hydrogen-bond donors (Lipinski definition) is 1. The lowest BCUT2D eigenvalue weighted by Gasteiger charge is -1.96. The summed E-state index contributed by atoms with van der Waals surface area (Å²) in [6.45, 7) is 0.720. The number of rotatable bonds is 3. The molecular formula is C7H13NO2. The molecular weight excluding hydrogens is 130 g/mol. The average Bonchev–Trinajstić information content (AvgIpc) is 2.67. The second-order valence-corrected chi connectivity index (χ2v) is 2.67. The standard InChI is InChI=1S/C7H13NO2/c1-8-7(9)6-3-5(6)4-10-2/h5-6H,3-4H2,1-2H3,(H,8,9). The molecule has 58 valence electrons. The smallest absolute Gasteiger partial charge is 0.223 e. The van der Waals surface area contributed by atoms with E-state index in [0.717, 1.165) is 13.0 Å². The van der Waals surface area contributed by atoms with Crippen molar-refractivity contribution in [2.75, 3.05) is 20.8 Å². The monoisotopic (exact) mass is 143 g/mol. The minimum Gasteiger partial charge on any atom is -0.384 e. The van der Waals surface area contributed by atoms with Crippen LogP contribution in [0.1, 0.15) is 6.42 Å². The molecule has 2 atom stereocenters. The second kappa shape index (κ2) is 3.01. The van der Waals surface area contributed by atoms with Crippen molar-refractivity contribution < 1.29 is 9.53 Å². The molecule has 0 aliphatic heterocycles. The summed E-state index contributed by atoms with van der Waals surface area (Å²) < 4.78 is 4.91. The minimum atomic E-state index is 0.155. The van der Waals surface area contributed by atoms with E-state index >= 15 is 0 Å². The van der Waals surface area contributed by atoms with Gasteiger partial charge in [-0.1, -0.05) is 0 Å². The van der Waals surface area contributed by atoms with Gasteiger partial charge in [-0.15, -0.1) is 0 Å². The molecule has 3 heteroatoms. The van der Waals surface area contributed by atoms with Crippen molar-refractivity contribution in [3.63, 3.8) is 0 Å². The van der Waals surface area contributed by atoms with Crippen LogP contribution in [0.15, 0.2) is 0 Å². The van der Waals surface area contributed by atoms with Gasteiger partial charge in [-0.25, -0.2) is 0 Å². The van der Waals surface area contributed by atoms with Crippen LogP contribution in [0.2, 0.25) is 0 Å². The summed E-state index contributed by atoms with van der Waals surface area (Å²) in [6.07, 6.45) is 0.994. The predicted molar refractivity (Wildman–Crippen MR) is 37.5 cm³/mol. The van der Waals surface area contributed by atoms with Crippen LogP contribution in [0.4, 0.5) is 0 Å². The summed E-state index contributed by atoms with van der Waals surface area (Å²) in [5.41, 5.74) is 0. The minimum absolute atomic E-state index is 0.155. The second-order valence-electron chi connectivity index (χ2n) is 2.67. The highest BCUT2D eigenvalue weighted by atomic mass is 16.5. The summed E-state index contributed by atoms with van der Waals surface area (Å²) in [5.74, 6) is 0.858. The highest BCUT2D eigenvalue weighted by Gasteiger charge is 2.42. The van der Waals surface area contributed by atoms with Crippen LogP contribution < -0.4 is 5.32 Å². The van der Waals surface area contributed by atoms with Gasteiger partial charge in [0.15, 0.2) is 0 Å². The van der Waals surface area contributed by atoms with Crippen molar-refractivity contribution in [3.05, 3.63) is 0 Å². The van der Waals surface area contributed by atoms with Crippen LogP contribution in [-0.4, -0.2) is 26.7 Å². The molecule has 0 saturated heterocycles.